The van der Waals surface area contributed by atoms with E-state index in [4.69, 9.17) is 5.11 Å². The summed E-state index contributed by atoms with van der Waals surface area (Å²) >= 11 is 0. The highest BCUT2D eigenvalue weighted by Crippen LogP contribution is 2.28. The van der Waals surface area contributed by atoms with Gasteiger partial charge in [0.25, 0.3) is 5.91 Å². The minimum absolute atomic E-state index is 0.0271. The molecule has 1 aliphatic rings. The van der Waals surface area contributed by atoms with Gasteiger partial charge >= 0.3 is 5.97 Å². The molecule has 1 saturated carbocycles. The van der Waals surface area contributed by atoms with Crippen LogP contribution in [0.2, 0.25) is 0 Å². The summed E-state index contributed by atoms with van der Waals surface area (Å²) in [5.74, 6) is -0.477. The number of carboxylic acid groups (broad SMARTS) is 1. The molecule has 1 amide bonds. The van der Waals surface area contributed by atoms with E-state index in [1.165, 1.54) is 31.4 Å². The Morgan fingerprint density at radius 3 is 2.20 bits per heavy atom. The number of carboxylic acids is 1. The summed E-state index contributed by atoms with van der Waals surface area (Å²) in [6, 6.07) is 6.43. The lowest BCUT2D eigenvalue weighted by Crippen LogP contribution is -2.42. The van der Waals surface area contributed by atoms with Crippen molar-refractivity contribution in [2.45, 2.75) is 38.6 Å². The maximum atomic E-state index is 12.4. The molecule has 1 fully saturated rings. The van der Waals surface area contributed by atoms with Crippen molar-refractivity contribution in [3.05, 3.63) is 35.4 Å². The van der Waals surface area contributed by atoms with Crippen molar-refractivity contribution in [1.82, 2.24) is 4.90 Å². The normalized spacial score (nSPS) is 22.3. The van der Waals surface area contributed by atoms with E-state index in [0.717, 1.165) is 6.42 Å². The van der Waals surface area contributed by atoms with Crippen LogP contribution >= 0.6 is 0 Å². The standard InChI is InChI=1S/C16H21NO3/c1-11-5-3-4-6-14(11)17(2)15(18)12-7-9-13(10-8-12)16(19)20/h7-11,14H,3-6H2,1-2H3,(H,19,20). The van der Waals surface area contributed by atoms with Gasteiger partial charge in [-0.2, -0.15) is 0 Å². The first-order chi connectivity index (χ1) is 9.50. The van der Waals surface area contributed by atoms with E-state index in [9.17, 15) is 9.59 Å². The Kier molecular flexibility index (Phi) is 4.42. The Bertz CT molecular complexity index is 495. The lowest BCUT2D eigenvalue weighted by Gasteiger charge is -2.36. The van der Waals surface area contributed by atoms with E-state index in [2.05, 4.69) is 6.92 Å². The maximum Gasteiger partial charge on any atom is 0.335 e. The highest BCUT2D eigenvalue weighted by Gasteiger charge is 2.28. The molecule has 0 saturated heterocycles. The summed E-state index contributed by atoms with van der Waals surface area (Å²) in [4.78, 5) is 25.1. The van der Waals surface area contributed by atoms with E-state index in [0.29, 0.717) is 11.5 Å². The molecule has 2 unspecified atom stereocenters. The van der Waals surface area contributed by atoms with Crippen LogP contribution < -0.4 is 0 Å². The van der Waals surface area contributed by atoms with E-state index >= 15 is 0 Å². The summed E-state index contributed by atoms with van der Waals surface area (Å²) < 4.78 is 0. The predicted molar refractivity (Wildman–Crippen MR) is 76.9 cm³/mol. The topological polar surface area (TPSA) is 57.6 Å². The quantitative estimate of drug-likeness (QED) is 0.922. The Morgan fingerprint density at radius 1 is 1.10 bits per heavy atom. The molecule has 4 heteroatoms. The van der Waals surface area contributed by atoms with Crippen LogP contribution in [0.25, 0.3) is 0 Å². The monoisotopic (exact) mass is 275 g/mol. The Labute approximate surface area is 119 Å². The summed E-state index contributed by atoms with van der Waals surface area (Å²) in [6.45, 7) is 2.20. The number of rotatable bonds is 3. The third kappa shape index (κ3) is 3.00. The number of amides is 1. The summed E-state index contributed by atoms with van der Waals surface area (Å²) in [7, 11) is 1.85. The predicted octanol–water partition coefficient (Wildman–Crippen LogP) is 3.04. The fraction of sp³-hybridized carbons (Fsp3) is 0.500. The number of hydrogen-bond donors (Lipinski definition) is 1. The molecule has 0 bridgehead atoms. The fourth-order valence-corrected chi connectivity index (χ4v) is 2.98. The number of carbonyl (C=O) groups is 2. The molecule has 0 spiro atoms. The van der Waals surface area contributed by atoms with Gasteiger partial charge in [0, 0.05) is 18.7 Å². The van der Waals surface area contributed by atoms with E-state index in [1.807, 2.05) is 11.9 Å². The molecular weight excluding hydrogens is 254 g/mol. The number of carbonyl (C=O) groups excluding carboxylic acids is 1. The van der Waals surface area contributed by atoms with Crippen molar-refractivity contribution in [3.8, 4) is 0 Å². The average molecular weight is 275 g/mol. The van der Waals surface area contributed by atoms with Gasteiger partial charge in [0.2, 0.25) is 0 Å². The smallest absolute Gasteiger partial charge is 0.335 e. The van der Waals surface area contributed by atoms with Gasteiger partial charge in [0.1, 0.15) is 0 Å². The van der Waals surface area contributed by atoms with Crippen molar-refractivity contribution >= 4 is 11.9 Å². The SMILES string of the molecule is CC1CCCCC1N(C)C(=O)c1ccc(C(=O)O)cc1. The molecule has 0 radical (unpaired) electrons. The number of hydrogen-bond acceptors (Lipinski definition) is 2. The molecule has 0 heterocycles. The van der Waals surface area contributed by atoms with Crippen LogP contribution in [0.4, 0.5) is 0 Å². The van der Waals surface area contributed by atoms with Gasteiger partial charge in [-0.3, -0.25) is 4.79 Å². The maximum absolute atomic E-state index is 12.4. The van der Waals surface area contributed by atoms with Crippen LogP contribution in [0, 0.1) is 5.92 Å². The van der Waals surface area contributed by atoms with Crippen molar-refractivity contribution in [3.63, 3.8) is 0 Å². The number of nitrogens with zero attached hydrogens (tertiary/aromatic N) is 1. The summed E-state index contributed by atoms with van der Waals surface area (Å²) in [5.41, 5.74) is 0.755. The first kappa shape index (κ1) is 14.6. The van der Waals surface area contributed by atoms with E-state index < -0.39 is 5.97 Å². The summed E-state index contributed by atoms with van der Waals surface area (Å²) in [6.07, 6.45) is 4.63. The molecule has 0 aliphatic heterocycles. The van der Waals surface area contributed by atoms with Crippen molar-refractivity contribution in [1.29, 1.82) is 0 Å². The Morgan fingerprint density at radius 2 is 1.65 bits per heavy atom. The van der Waals surface area contributed by atoms with Gasteiger partial charge in [-0.15, -0.1) is 0 Å². The van der Waals surface area contributed by atoms with E-state index in [1.54, 1.807) is 12.1 Å². The lowest BCUT2D eigenvalue weighted by atomic mass is 9.85. The highest BCUT2D eigenvalue weighted by atomic mass is 16.4. The first-order valence-corrected chi connectivity index (χ1v) is 7.11. The minimum Gasteiger partial charge on any atom is -0.478 e. The van der Waals surface area contributed by atoms with Crippen LogP contribution in [0.15, 0.2) is 24.3 Å². The molecule has 1 aromatic carbocycles. The van der Waals surface area contributed by atoms with Gasteiger partial charge in [-0.05, 0) is 43.0 Å². The molecule has 1 aliphatic carbocycles. The van der Waals surface area contributed by atoms with Gasteiger partial charge in [-0.1, -0.05) is 19.8 Å². The lowest BCUT2D eigenvalue weighted by molar-refractivity contribution is 0.0626. The molecular formula is C16H21NO3. The molecule has 0 aromatic heterocycles. The zero-order valence-corrected chi connectivity index (χ0v) is 12.0. The first-order valence-electron chi connectivity index (χ1n) is 7.11. The third-order valence-corrected chi connectivity index (χ3v) is 4.26. The highest BCUT2D eigenvalue weighted by molar-refractivity contribution is 5.95. The fourth-order valence-electron chi connectivity index (χ4n) is 2.98. The van der Waals surface area contributed by atoms with Crippen molar-refractivity contribution < 1.29 is 14.7 Å². The van der Waals surface area contributed by atoms with Gasteiger partial charge in [-0.25, -0.2) is 4.79 Å². The molecule has 20 heavy (non-hydrogen) atoms. The van der Waals surface area contributed by atoms with Crippen LogP contribution in [0.3, 0.4) is 0 Å². The van der Waals surface area contributed by atoms with Crippen molar-refractivity contribution in [2.75, 3.05) is 7.05 Å². The van der Waals surface area contributed by atoms with Crippen LogP contribution in [-0.4, -0.2) is 35.0 Å². The van der Waals surface area contributed by atoms with Gasteiger partial charge < -0.3 is 10.0 Å². The molecule has 4 nitrogen and oxygen atoms in total. The average Bonchev–Trinajstić information content (AvgIpc) is 2.46. The number of benzene rings is 1. The molecule has 1 aromatic rings. The van der Waals surface area contributed by atoms with Crippen LogP contribution in [0.1, 0.15) is 53.3 Å². The second-order valence-corrected chi connectivity index (χ2v) is 5.63. The minimum atomic E-state index is -0.974. The Hall–Kier alpha value is -1.84. The summed E-state index contributed by atoms with van der Waals surface area (Å²) in [5, 5.41) is 8.87. The van der Waals surface area contributed by atoms with Crippen molar-refractivity contribution in [2.24, 2.45) is 5.92 Å². The largest absolute Gasteiger partial charge is 0.478 e. The van der Waals surface area contributed by atoms with E-state index in [-0.39, 0.29) is 17.5 Å². The molecule has 2 rings (SSSR count). The third-order valence-electron chi connectivity index (χ3n) is 4.26. The zero-order chi connectivity index (χ0) is 14.7. The zero-order valence-electron chi connectivity index (χ0n) is 12.0. The van der Waals surface area contributed by atoms with Crippen LogP contribution in [0.5, 0.6) is 0 Å². The molecule has 108 valence electrons. The van der Waals surface area contributed by atoms with Gasteiger partial charge in [0.15, 0.2) is 0 Å². The van der Waals surface area contributed by atoms with Gasteiger partial charge in [0.05, 0.1) is 5.56 Å². The molecule has 2 atom stereocenters. The van der Waals surface area contributed by atoms with Crippen LogP contribution in [-0.2, 0) is 0 Å². The second kappa shape index (κ2) is 6.07. The Balaban J connectivity index is 2.11. The number of aromatic carboxylic acids is 1. The second-order valence-electron chi connectivity index (χ2n) is 5.63. The molecule has 1 N–H and O–H groups in total.